The zero-order chi connectivity index (χ0) is 16.4. The zero-order valence-corrected chi connectivity index (χ0v) is 14.8. The lowest BCUT2D eigenvalue weighted by Gasteiger charge is -2.25. The Morgan fingerprint density at radius 1 is 1.22 bits per heavy atom. The predicted molar refractivity (Wildman–Crippen MR) is 94.6 cm³/mol. The summed E-state index contributed by atoms with van der Waals surface area (Å²) < 4.78 is 5.67. The van der Waals surface area contributed by atoms with E-state index in [1.54, 1.807) is 40.9 Å². The van der Waals surface area contributed by atoms with Gasteiger partial charge >= 0.3 is 5.97 Å². The van der Waals surface area contributed by atoms with E-state index in [4.69, 9.17) is 4.74 Å². The molecule has 1 saturated heterocycles. The molecule has 1 atom stereocenters. The number of halogens is 1. The first-order valence-electron chi connectivity index (χ1n) is 6.98. The second-order valence-corrected chi connectivity index (χ2v) is 6.91. The highest BCUT2D eigenvalue weighted by atomic mass is 79.9. The highest BCUT2D eigenvalue weighted by Gasteiger charge is 2.34. The topological polar surface area (TPSA) is 46.6 Å². The van der Waals surface area contributed by atoms with Crippen LogP contribution in [0.5, 0.6) is 0 Å². The Hall–Kier alpha value is -1.79. The molecule has 1 unspecified atom stereocenters. The Balaban J connectivity index is 1.94. The van der Waals surface area contributed by atoms with Crippen LogP contribution in [0.1, 0.15) is 21.3 Å². The number of methoxy groups -OCH3 is 1. The SMILES string of the molecule is COC(=O)c1ccc(N2C(=O)CSC2c2ccccc2Br)cc1. The molecule has 2 aromatic carbocycles. The molecule has 0 aromatic heterocycles. The van der Waals surface area contributed by atoms with Gasteiger partial charge in [0.15, 0.2) is 0 Å². The van der Waals surface area contributed by atoms with Gasteiger partial charge in [-0.05, 0) is 35.9 Å². The van der Waals surface area contributed by atoms with E-state index in [0.29, 0.717) is 11.3 Å². The zero-order valence-electron chi connectivity index (χ0n) is 12.4. The first kappa shape index (κ1) is 16.1. The molecule has 0 spiro atoms. The lowest BCUT2D eigenvalue weighted by Crippen LogP contribution is -2.28. The van der Waals surface area contributed by atoms with Gasteiger partial charge in [-0.3, -0.25) is 9.69 Å². The second kappa shape index (κ2) is 6.76. The molecule has 0 aliphatic carbocycles. The standard InChI is InChI=1S/C17H14BrNO3S/c1-22-17(21)11-6-8-12(9-7-11)19-15(20)10-23-16(19)13-4-2-3-5-14(13)18/h2-9,16H,10H2,1H3. The highest BCUT2D eigenvalue weighted by molar-refractivity contribution is 9.10. The average Bonchev–Trinajstić information content (AvgIpc) is 2.96. The maximum atomic E-state index is 12.3. The molecule has 0 radical (unpaired) electrons. The molecule has 2 aromatic rings. The smallest absolute Gasteiger partial charge is 0.337 e. The number of thioether (sulfide) groups is 1. The van der Waals surface area contributed by atoms with Crippen molar-refractivity contribution in [1.29, 1.82) is 0 Å². The van der Waals surface area contributed by atoms with Crippen LogP contribution in [-0.2, 0) is 9.53 Å². The van der Waals surface area contributed by atoms with Crippen LogP contribution in [0.2, 0.25) is 0 Å². The summed E-state index contributed by atoms with van der Waals surface area (Å²) in [5.41, 5.74) is 2.29. The van der Waals surface area contributed by atoms with E-state index in [2.05, 4.69) is 15.9 Å². The molecule has 118 valence electrons. The van der Waals surface area contributed by atoms with Crippen molar-refractivity contribution >= 4 is 45.3 Å². The Kier molecular flexibility index (Phi) is 4.73. The molecular weight excluding hydrogens is 378 g/mol. The van der Waals surface area contributed by atoms with Crippen LogP contribution in [0.4, 0.5) is 5.69 Å². The van der Waals surface area contributed by atoms with Crippen LogP contribution in [0.25, 0.3) is 0 Å². The minimum atomic E-state index is -0.388. The molecule has 1 aliphatic heterocycles. The van der Waals surface area contributed by atoms with E-state index in [0.717, 1.165) is 15.7 Å². The van der Waals surface area contributed by atoms with E-state index in [1.165, 1.54) is 7.11 Å². The highest BCUT2D eigenvalue weighted by Crippen LogP contribution is 2.43. The van der Waals surface area contributed by atoms with Crippen molar-refractivity contribution in [2.24, 2.45) is 0 Å². The molecule has 23 heavy (non-hydrogen) atoms. The van der Waals surface area contributed by atoms with Crippen molar-refractivity contribution in [3.05, 3.63) is 64.1 Å². The molecule has 6 heteroatoms. The Bertz CT molecular complexity index is 748. The molecule has 0 N–H and O–H groups in total. The summed E-state index contributed by atoms with van der Waals surface area (Å²) in [7, 11) is 1.35. The number of ether oxygens (including phenoxy) is 1. The fraction of sp³-hybridized carbons (Fsp3) is 0.176. The van der Waals surface area contributed by atoms with Crippen molar-refractivity contribution in [2.75, 3.05) is 17.8 Å². The monoisotopic (exact) mass is 391 g/mol. The van der Waals surface area contributed by atoms with Crippen LogP contribution in [0.15, 0.2) is 53.0 Å². The Labute approximate surface area is 146 Å². The minimum absolute atomic E-state index is 0.0570. The van der Waals surface area contributed by atoms with Crippen molar-refractivity contribution in [1.82, 2.24) is 0 Å². The summed E-state index contributed by atoms with van der Waals surface area (Å²) in [6, 6.07) is 14.8. The quantitative estimate of drug-likeness (QED) is 0.741. The third-order valence-corrected chi connectivity index (χ3v) is 5.52. The number of nitrogens with zero attached hydrogens (tertiary/aromatic N) is 1. The molecule has 0 saturated carbocycles. The van der Waals surface area contributed by atoms with Crippen LogP contribution >= 0.6 is 27.7 Å². The van der Waals surface area contributed by atoms with Crippen LogP contribution in [0.3, 0.4) is 0 Å². The maximum absolute atomic E-state index is 12.3. The third kappa shape index (κ3) is 3.14. The molecule has 1 heterocycles. The van der Waals surface area contributed by atoms with E-state index in [1.807, 2.05) is 24.3 Å². The molecule has 3 rings (SSSR count). The molecule has 0 bridgehead atoms. The number of hydrogen-bond donors (Lipinski definition) is 0. The predicted octanol–water partition coefficient (Wildman–Crippen LogP) is 4.01. The fourth-order valence-electron chi connectivity index (χ4n) is 2.48. The van der Waals surface area contributed by atoms with E-state index in [9.17, 15) is 9.59 Å². The Morgan fingerprint density at radius 2 is 1.91 bits per heavy atom. The van der Waals surface area contributed by atoms with E-state index >= 15 is 0 Å². The fourth-order valence-corrected chi connectivity index (χ4v) is 4.35. The minimum Gasteiger partial charge on any atom is -0.465 e. The molecule has 1 fully saturated rings. The first-order valence-corrected chi connectivity index (χ1v) is 8.82. The van der Waals surface area contributed by atoms with E-state index in [-0.39, 0.29) is 17.3 Å². The summed E-state index contributed by atoms with van der Waals surface area (Å²) in [6.45, 7) is 0. The summed E-state index contributed by atoms with van der Waals surface area (Å²) in [5.74, 6) is 0.104. The van der Waals surface area contributed by atoms with Crippen molar-refractivity contribution in [3.8, 4) is 0 Å². The van der Waals surface area contributed by atoms with Gasteiger partial charge in [0, 0.05) is 10.2 Å². The number of benzene rings is 2. The molecule has 4 nitrogen and oxygen atoms in total. The van der Waals surface area contributed by atoms with Crippen molar-refractivity contribution < 1.29 is 14.3 Å². The van der Waals surface area contributed by atoms with Crippen LogP contribution < -0.4 is 4.90 Å². The van der Waals surface area contributed by atoms with Crippen LogP contribution in [-0.4, -0.2) is 24.7 Å². The molecule has 1 aliphatic rings. The normalized spacial score (nSPS) is 17.4. The van der Waals surface area contributed by atoms with Gasteiger partial charge in [-0.25, -0.2) is 4.79 Å². The van der Waals surface area contributed by atoms with E-state index < -0.39 is 0 Å². The summed E-state index contributed by atoms with van der Waals surface area (Å²) >= 11 is 5.14. The largest absolute Gasteiger partial charge is 0.465 e. The molecule has 1 amide bonds. The average molecular weight is 392 g/mol. The number of carbonyl (C=O) groups excluding carboxylic acids is 2. The van der Waals surface area contributed by atoms with Gasteiger partial charge in [-0.2, -0.15) is 0 Å². The lowest BCUT2D eigenvalue weighted by molar-refractivity contribution is -0.115. The Morgan fingerprint density at radius 3 is 2.57 bits per heavy atom. The maximum Gasteiger partial charge on any atom is 0.337 e. The summed E-state index contributed by atoms with van der Waals surface area (Å²) in [5, 5.41) is -0.0814. The number of hydrogen-bond acceptors (Lipinski definition) is 4. The summed E-state index contributed by atoms with van der Waals surface area (Å²) in [4.78, 5) is 25.6. The lowest BCUT2D eigenvalue weighted by atomic mass is 10.1. The van der Waals surface area contributed by atoms with Gasteiger partial charge in [-0.1, -0.05) is 34.1 Å². The summed E-state index contributed by atoms with van der Waals surface area (Å²) in [6.07, 6.45) is 0. The second-order valence-electron chi connectivity index (χ2n) is 4.99. The third-order valence-electron chi connectivity index (χ3n) is 3.61. The number of carbonyl (C=O) groups is 2. The van der Waals surface area contributed by atoms with Gasteiger partial charge in [0.25, 0.3) is 0 Å². The van der Waals surface area contributed by atoms with Gasteiger partial charge in [0.1, 0.15) is 5.37 Å². The number of anilines is 1. The first-order chi connectivity index (χ1) is 11.1. The van der Waals surface area contributed by atoms with Gasteiger partial charge < -0.3 is 4.74 Å². The van der Waals surface area contributed by atoms with Gasteiger partial charge in [0.2, 0.25) is 5.91 Å². The van der Waals surface area contributed by atoms with Gasteiger partial charge in [-0.15, -0.1) is 11.8 Å². The number of amides is 1. The number of rotatable bonds is 3. The van der Waals surface area contributed by atoms with Crippen LogP contribution in [0, 0.1) is 0 Å². The van der Waals surface area contributed by atoms with Gasteiger partial charge in [0.05, 0.1) is 18.4 Å². The number of esters is 1. The molecular formula is C17H14BrNO3S. The van der Waals surface area contributed by atoms with Crippen molar-refractivity contribution in [2.45, 2.75) is 5.37 Å². The van der Waals surface area contributed by atoms with Crippen molar-refractivity contribution in [3.63, 3.8) is 0 Å².